The first-order chi connectivity index (χ1) is 10.1. The zero-order valence-electron chi connectivity index (χ0n) is 11.6. The van der Waals surface area contributed by atoms with Crippen LogP contribution < -0.4 is 4.90 Å². The van der Waals surface area contributed by atoms with E-state index in [1.807, 2.05) is 48.5 Å². The number of carboxylic acids is 1. The minimum Gasteiger partial charge on any atom is -0.480 e. The van der Waals surface area contributed by atoms with Crippen molar-refractivity contribution in [1.29, 1.82) is 0 Å². The van der Waals surface area contributed by atoms with Gasteiger partial charge in [0, 0.05) is 12.1 Å². The highest BCUT2D eigenvalue weighted by Crippen LogP contribution is 2.13. The largest absolute Gasteiger partial charge is 0.480 e. The third-order valence-corrected chi connectivity index (χ3v) is 3.06. The van der Waals surface area contributed by atoms with Crippen molar-refractivity contribution in [1.82, 2.24) is 0 Å². The highest BCUT2D eigenvalue weighted by molar-refractivity contribution is 5.87. The minimum atomic E-state index is -0.952. The summed E-state index contributed by atoms with van der Waals surface area (Å²) in [6, 6.07) is 18.6. The Morgan fingerprint density at radius 2 is 1.43 bits per heavy atom. The van der Waals surface area contributed by atoms with Crippen molar-refractivity contribution in [2.45, 2.75) is 6.42 Å². The van der Waals surface area contributed by atoms with E-state index in [1.165, 1.54) is 0 Å². The molecular weight excluding hydrogens is 266 g/mol. The molecule has 0 bridgehead atoms. The smallest absolute Gasteiger partial charge is 0.323 e. The molecule has 0 aliphatic rings. The summed E-state index contributed by atoms with van der Waals surface area (Å²) in [5, 5.41) is 8.99. The van der Waals surface area contributed by atoms with Gasteiger partial charge in [-0.2, -0.15) is 0 Å². The van der Waals surface area contributed by atoms with Gasteiger partial charge in [0.1, 0.15) is 6.54 Å². The number of benzene rings is 2. The van der Waals surface area contributed by atoms with Crippen LogP contribution in [0.15, 0.2) is 60.7 Å². The Kier molecular flexibility index (Phi) is 5.10. The maximum Gasteiger partial charge on any atom is 0.323 e. The van der Waals surface area contributed by atoms with E-state index in [9.17, 15) is 9.59 Å². The molecule has 4 heteroatoms. The molecule has 1 N–H and O–H groups in total. The van der Waals surface area contributed by atoms with Crippen molar-refractivity contribution < 1.29 is 14.7 Å². The lowest BCUT2D eigenvalue weighted by molar-refractivity contribution is -0.135. The van der Waals surface area contributed by atoms with Gasteiger partial charge in [0.25, 0.3) is 0 Å². The number of anilines is 1. The summed E-state index contributed by atoms with van der Waals surface area (Å²) in [5.41, 5.74) is 1.67. The fraction of sp³-hybridized carbons (Fsp3) is 0.176. The van der Waals surface area contributed by atoms with Gasteiger partial charge in [-0.15, -0.1) is 0 Å². The highest BCUT2D eigenvalue weighted by Gasteiger charge is 2.14. The van der Waals surface area contributed by atoms with Crippen LogP contribution in [0, 0.1) is 0 Å². The van der Waals surface area contributed by atoms with Crippen molar-refractivity contribution in [3.8, 4) is 0 Å². The van der Waals surface area contributed by atoms with Gasteiger partial charge in [-0.3, -0.25) is 9.59 Å². The number of nitrogens with zero attached hydrogens (tertiary/aromatic N) is 1. The molecule has 0 aromatic heterocycles. The average molecular weight is 283 g/mol. The van der Waals surface area contributed by atoms with E-state index >= 15 is 0 Å². The first kappa shape index (κ1) is 14.8. The first-order valence-electron chi connectivity index (χ1n) is 6.72. The monoisotopic (exact) mass is 283 g/mol. The molecule has 0 aliphatic carbocycles. The van der Waals surface area contributed by atoms with Crippen LogP contribution >= 0.6 is 0 Å². The molecule has 4 nitrogen and oxygen atoms in total. The van der Waals surface area contributed by atoms with Gasteiger partial charge in [-0.25, -0.2) is 0 Å². The molecule has 2 rings (SSSR count). The minimum absolute atomic E-state index is 0.00805. The van der Waals surface area contributed by atoms with Crippen molar-refractivity contribution in [2.75, 3.05) is 18.0 Å². The maximum absolute atomic E-state index is 12.1. The molecule has 0 fully saturated rings. The second kappa shape index (κ2) is 7.24. The molecule has 0 saturated carbocycles. The van der Waals surface area contributed by atoms with Crippen LogP contribution in [0.25, 0.3) is 0 Å². The zero-order valence-corrected chi connectivity index (χ0v) is 11.6. The number of hydrogen-bond acceptors (Lipinski definition) is 3. The Morgan fingerprint density at radius 1 is 0.857 bits per heavy atom. The lowest BCUT2D eigenvalue weighted by Crippen LogP contribution is -2.35. The van der Waals surface area contributed by atoms with E-state index in [4.69, 9.17) is 5.11 Å². The normalized spacial score (nSPS) is 10.1. The second-order valence-electron chi connectivity index (χ2n) is 4.79. The van der Waals surface area contributed by atoms with E-state index in [0.717, 1.165) is 11.3 Å². The van der Waals surface area contributed by atoms with E-state index in [0.29, 0.717) is 6.42 Å². The number of carboxylic acid groups (broad SMARTS) is 1. The summed E-state index contributed by atoms with van der Waals surface area (Å²) in [6.45, 7) is -0.101. The summed E-state index contributed by atoms with van der Waals surface area (Å²) < 4.78 is 0. The van der Waals surface area contributed by atoms with Gasteiger partial charge in [0.05, 0.1) is 6.54 Å². The number of hydrogen-bond donors (Lipinski definition) is 1. The van der Waals surface area contributed by atoms with Gasteiger partial charge in [0.15, 0.2) is 5.78 Å². The molecule has 0 spiro atoms. The third-order valence-electron chi connectivity index (χ3n) is 3.06. The molecule has 0 unspecified atom stereocenters. The second-order valence-corrected chi connectivity index (χ2v) is 4.79. The van der Waals surface area contributed by atoms with Crippen LogP contribution in [-0.2, 0) is 16.0 Å². The van der Waals surface area contributed by atoms with Crippen LogP contribution in [0.5, 0.6) is 0 Å². The Labute approximate surface area is 123 Å². The predicted octanol–water partition coefficient (Wildman–Crippen LogP) is 2.39. The molecule has 2 aromatic rings. The lowest BCUT2D eigenvalue weighted by atomic mass is 10.1. The fourth-order valence-corrected chi connectivity index (χ4v) is 2.13. The molecular formula is C17H17NO3. The van der Waals surface area contributed by atoms with E-state index in [1.54, 1.807) is 17.0 Å². The van der Waals surface area contributed by atoms with Gasteiger partial charge >= 0.3 is 5.97 Å². The molecule has 0 aliphatic heterocycles. The third kappa shape index (κ3) is 4.76. The standard InChI is InChI=1S/C17H17NO3/c19-16(11-14-7-3-1-4-8-14)12-18(13-17(20)21)15-9-5-2-6-10-15/h1-10H,11-13H2,(H,20,21). The number of rotatable bonds is 7. The van der Waals surface area contributed by atoms with Gasteiger partial charge < -0.3 is 10.0 Å². The molecule has 108 valence electrons. The Bertz CT molecular complexity index is 596. The first-order valence-corrected chi connectivity index (χ1v) is 6.72. The topological polar surface area (TPSA) is 57.6 Å². The lowest BCUT2D eigenvalue weighted by Gasteiger charge is -2.22. The maximum atomic E-state index is 12.1. The SMILES string of the molecule is O=C(O)CN(CC(=O)Cc1ccccc1)c1ccccc1. The fourth-order valence-electron chi connectivity index (χ4n) is 2.13. The van der Waals surface area contributed by atoms with Gasteiger partial charge in [-0.05, 0) is 17.7 Å². The van der Waals surface area contributed by atoms with Crippen molar-refractivity contribution >= 4 is 17.4 Å². The summed E-state index contributed by atoms with van der Waals surface area (Å²) in [6.07, 6.45) is 0.309. The van der Waals surface area contributed by atoms with Crippen LogP contribution in [0.3, 0.4) is 0 Å². The predicted molar refractivity (Wildman–Crippen MR) is 81.4 cm³/mol. The van der Waals surface area contributed by atoms with Crippen molar-refractivity contribution in [3.63, 3.8) is 0 Å². The number of ketones is 1. The molecule has 0 amide bonds. The molecule has 0 saturated heterocycles. The van der Waals surface area contributed by atoms with Gasteiger partial charge in [-0.1, -0.05) is 48.5 Å². The number of carbonyl (C=O) groups excluding carboxylic acids is 1. The summed E-state index contributed by atoms with van der Waals surface area (Å²) in [5.74, 6) is -0.960. The molecule has 0 atom stereocenters. The summed E-state index contributed by atoms with van der Waals surface area (Å²) in [7, 11) is 0. The molecule has 0 radical (unpaired) electrons. The number of para-hydroxylation sites is 1. The number of aliphatic carboxylic acids is 1. The van der Waals surface area contributed by atoms with Crippen LogP contribution in [0.4, 0.5) is 5.69 Å². The number of carbonyl (C=O) groups is 2. The van der Waals surface area contributed by atoms with E-state index in [2.05, 4.69) is 0 Å². The highest BCUT2D eigenvalue weighted by atomic mass is 16.4. The summed E-state index contributed by atoms with van der Waals surface area (Å²) in [4.78, 5) is 24.7. The number of Topliss-reactive ketones (excluding diaryl/α,β-unsaturated/α-hetero) is 1. The Balaban J connectivity index is 2.05. The van der Waals surface area contributed by atoms with Gasteiger partial charge in [0.2, 0.25) is 0 Å². The quantitative estimate of drug-likeness (QED) is 0.847. The van der Waals surface area contributed by atoms with Crippen molar-refractivity contribution in [3.05, 3.63) is 66.2 Å². The molecule has 0 heterocycles. The van der Waals surface area contributed by atoms with Crippen LogP contribution in [0.1, 0.15) is 5.56 Å². The summed E-state index contributed by atoms with van der Waals surface area (Å²) >= 11 is 0. The van der Waals surface area contributed by atoms with E-state index < -0.39 is 5.97 Å². The molecule has 21 heavy (non-hydrogen) atoms. The van der Waals surface area contributed by atoms with Crippen LogP contribution in [-0.4, -0.2) is 29.9 Å². The Morgan fingerprint density at radius 3 is 2.00 bits per heavy atom. The Hall–Kier alpha value is -2.62. The molecule has 2 aromatic carbocycles. The van der Waals surface area contributed by atoms with E-state index in [-0.39, 0.29) is 18.9 Å². The zero-order chi connectivity index (χ0) is 15.1. The van der Waals surface area contributed by atoms with Crippen molar-refractivity contribution in [2.24, 2.45) is 0 Å². The average Bonchev–Trinajstić information content (AvgIpc) is 2.48. The van der Waals surface area contributed by atoms with Crippen LogP contribution in [0.2, 0.25) is 0 Å².